The van der Waals surface area contributed by atoms with Crippen LogP contribution in [0.25, 0.3) is 6.08 Å². The van der Waals surface area contributed by atoms with E-state index in [1.807, 2.05) is 18.2 Å². The lowest BCUT2D eigenvalue weighted by Gasteiger charge is -2.36. The third kappa shape index (κ3) is 3.94. The van der Waals surface area contributed by atoms with Crippen molar-refractivity contribution in [2.75, 3.05) is 32.5 Å². The Kier molecular flexibility index (Phi) is 4.75. The average Bonchev–Trinajstić information content (AvgIpc) is 2.52. The summed E-state index contributed by atoms with van der Waals surface area (Å²) >= 11 is 0. The molecule has 2 atom stereocenters. The van der Waals surface area contributed by atoms with Crippen LogP contribution in [-0.2, 0) is 10.0 Å². The summed E-state index contributed by atoms with van der Waals surface area (Å²) in [5, 5.41) is 3.57. The number of nitrogens with zero attached hydrogens (tertiary/aromatic N) is 1. The lowest BCUT2D eigenvalue weighted by molar-refractivity contribution is 0.222. The van der Waals surface area contributed by atoms with Crippen LogP contribution in [0.5, 0.6) is 5.75 Å². The number of nitrogens with one attached hydrogen (secondary N) is 1. The second-order valence-corrected chi connectivity index (χ2v) is 8.49. The topological polar surface area (TPSA) is 58.6 Å². The SMILES string of the molecule is C[C@@H]1CN(S(C)(=O)=O)CC[C@H]1NCC1=Cc2ccccc2OC1. The Bertz CT molecular complexity index is 700. The molecule has 0 radical (unpaired) electrons. The number of hydrogen-bond acceptors (Lipinski definition) is 4. The lowest BCUT2D eigenvalue weighted by atomic mass is 9.95. The minimum Gasteiger partial charge on any atom is -0.489 e. The van der Waals surface area contributed by atoms with Crippen LogP contribution in [0.4, 0.5) is 0 Å². The van der Waals surface area contributed by atoms with Crippen molar-refractivity contribution in [3.05, 3.63) is 35.4 Å². The monoisotopic (exact) mass is 336 g/mol. The maximum absolute atomic E-state index is 11.6. The largest absolute Gasteiger partial charge is 0.489 e. The van der Waals surface area contributed by atoms with Crippen LogP contribution >= 0.6 is 0 Å². The Morgan fingerprint density at radius 3 is 2.87 bits per heavy atom. The summed E-state index contributed by atoms with van der Waals surface area (Å²) in [4.78, 5) is 0. The van der Waals surface area contributed by atoms with Gasteiger partial charge < -0.3 is 10.1 Å². The van der Waals surface area contributed by atoms with Crippen molar-refractivity contribution in [3.63, 3.8) is 0 Å². The van der Waals surface area contributed by atoms with Crippen LogP contribution in [0.15, 0.2) is 29.8 Å². The van der Waals surface area contributed by atoms with E-state index in [2.05, 4.69) is 24.4 Å². The summed E-state index contributed by atoms with van der Waals surface area (Å²) in [5.41, 5.74) is 2.34. The number of sulfonamides is 1. The van der Waals surface area contributed by atoms with Crippen molar-refractivity contribution in [1.82, 2.24) is 9.62 Å². The molecule has 0 saturated carbocycles. The maximum atomic E-state index is 11.6. The molecule has 2 aliphatic rings. The molecule has 23 heavy (non-hydrogen) atoms. The van der Waals surface area contributed by atoms with Gasteiger partial charge >= 0.3 is 0 Å². The first-order valence-electron chi connectivity index (χ1n) is 8.03. The molecule has 0 aromatic heterocycles. The molecule has 5 nitrogen and oxygen atoms in total. The standard InChI is InChI=1S/C17H24N2O3S/c1-13-11-19(23(2,20)21)8-7-16(13)18-10-14-9-15-5-3-4-6-17(15)22-12-14/h3-6,9,13,16,18H,7-8,10-12H2,1-2H3/t13-,16-/m1/s1. The molecule has 1 saturated heterocycles. The molecule has 3 rings (SSSR count). The number of para-hydroxylation sites is 1. The van der Waals surface area contributed by atoms with Gasteiger partial charge in [0.1, 0.15) is 12.4 Å². The Morgan fingerprint density at radius 2 is 2.13 bits per heavy atom. The molecule has 1 N–H and O–H groups in total. The maximum Gasteiger partial charge on any atom is 0.211 e. The van der Waals surface area contributed by atoms with Gasteiger partial charge in [0, 0.05) is 31.2 Å². The van der Waals surface area contributed by atoms with Crippen LogP contribution in [-0.4, -0.2) is 51.3 Å². The van der Waals surface area contributed by atoms with Crippen LogP contribution in [0.2, 0.25) is 0 Å². The van der Waals surface area contributed by atoms with Crippen LogP contribution in [0, 0.1) is 5.92 Å². The van der Waals surface area contributed by atoms with Gasteiger partial charge in [-0.1, -0.05) is 25.1 Å². The Balaban J connectivity index is 1.57. The Hall–Kier alpha value is -1.37. The second-order valence-electron chi connectivity index (χ2n) is 6.50. The molecule has 0 aliphatic carbocycles. The lowest BCUT2D eigenvalue weighted by Crippen LogP contribution is -2.50. The van der Waals surface area contributed by atoms with E-state index in [4.69, 9.17) is 4.74 Å². The van der Waals surface area contributed by atoms with Crippen molar-refractivity contribution in [3.8, 4) is 5.75 Å². The van der Waals surface area contributed by atoms with E-state index in [-0.39, 0.29) is 0 Å². The average molecular weight is 336 g/mol. The predicted molar refractivity (Wildman–Crippen MR) is 91.9 cm³/mol. The molecule has 2 heterocycles. The minimum atomic E-state index is -3.08. The Morgan fingerprint density at radius 1 is 1.35 bits per heavy atom. The number of fused-ring (bicyclic) bond motifs is 1. The fraction of sp³-hybridized carbons (Fsp3) is 0.529. The van der Waals surface area contributed by atoms with Gasteiger partial charge in [0.15, 0.2) is 0 Å². The minimum absolute atomic E-state index is 0.302. The number of piperidine rings is 1. The van der Waals surface area contributed by atoms with Gasteiger partial charge in [0.25, 0.3) is 0 Å². The van der Waals surface area contributed by atoms with E-state index in [9.17, 15) is 8.42 Å². The second kappa shape index (κ2) is 6.63. The molecule has 0 spiro atoms. The highest BCUT2D eigenvalue weighted by molar-refractivity contribution is 7.88. The van der Waals surface area contributed by atoms with Gasteiger partial charge in [-0.15, -0.1) is 0 Å². The van der Waals surface area contributed by atoms with Gasteiger partial charge in [-0.3, -0.25) is 0 Å². The highest BCUT2D eigenvalue weighted by Crippen LogP contribution is 2.26. The summed E-state index contributed by atoms with van der Waals surface area (Å²) < 4.78 is 30.6. The Labute approximate surface area is 138 Å². The van der Waals surface area contributed by atoms with E-state index < -0.39 is 10.0 Å². The fourth-order valence-corrected chi connectivity index (χ4v) is 4.18. The zero-order chi connectivity index (χ0) is 16.4. The molecule has 0 bridgehead atoms. The van der Waals surface area contributed by atoms with E-state index >= 15 is 0 Å². The summed E-state index contributed by atoms with van der Waals surface area (Å²) in [7, 11) is -3.08. The summed E-state index contributed by atoms with van der Waals surface area (Å²) in [6, 6.07) is 8.37. The normalized spacial score (nSPS) is 25.4. The highest BCUT2D eigenvalue weighted by atomic mass is 32.2. The molecular weight excluding hydrogens is 312 g/mol. The zero-order valence-electron chi connectivity index (χ0n) is 13.7. The van der Waals surface area contributed by atoms with Gasteiger partial charge in [0.05, 0.1) is 6.26 Å². The first-order valence-corrected chi connectivity index (χ1v) is 9.88. The van der Waals surface area contributed by atoms with Crippen molar-refractivity contribution >= 4 is 16.1 Å². The van der Waals surface area contributed by atoms with E-state index in [1.54, 1.807) is 4.31 Å². The number of rotatable bonds is 4. The highest BCUT2D eigenvalue weighted by Gasteiger charge is 2.30. The van der Waals surface area contributed by atoms with Gasteiger partial charge in [0.2, 0.25) is 10.0 Å². The van der Waals surface area contributed by atoms with Crippen molar-refractivity contribution in [1.29, 1.82) is 0 Å². The predicted octanol–water partition coefficient (Wildman–Crippen LogP) is 1.72. The van der Waals surface area contributed by atoms with Crippen molar-refractivity contribution in [2.24, 2.45) is 5.92 Å². The van der Waals surface area contributed by atoms with E-state index in [0.29, 0.717) is 31.7 Å². The third-order valence-electron chi connectivity index (χ3n) is 4.62. The molecule has 1 aromatic rings. The number of ether oxygens (including phenoxy) is 1. The zero-order valence-corrected chi connectivity index (χ0v) is 14.5. The first kappa shape index (κ1) is 16.5. The summed E-state index contributed by atoms with van der Waals surface area (Å²) in [6.45, 7) is 4.69. The van der Waals surface area contributed by atoms with Gasteiger partial charge in [-0.05, 0) is 30.1 Å². The molecular formula is C17H24N2O3S. The molecule has 1 aromatic carbocycles. The quantitative estimate of drug-likeness (QED) is 0.910. The van der Waals surface area contributed by atoms with Gasteiger partial charge in [-0.2, -0.15) is 0 Å². The van der Waals surface area contributed by atoms with Crippen LogP contribution in [0.3, 0.4) is 0 Å². The summed E-state index contributed by atoms with van der Waals surface area (Å²) in [6.07, 6.45) is 4.32. The van der Waals surface area contributed by atoms with E-state index in [0.717, 1.165) is 24.3 Å². The summed E-state index contributed by atoms with van der Waals surface area (Å²) in [5.74, 6) is 1.24. The third-order valence-corrected chi connectivity index (χ3v) is 5.89. The molecule has 0 unspecified atom stereocenters. The molecule has 2 aliphatic heterocycles. The molecule has 1 fully saturated rings. The van der Waals surface area contributed by atoms with Crippen LogP contribution in [0.1, 0.15) is 18.9 Å². The molecule has 126 valence electrons. The van der Waals surface area contributed by atoms with Crippen molar-refractivity contribution < 1.29 is 13.2 Å². The van der Waals surface area contributed by atoms with Crippen LogP contribution < -0.4 is 10.1 Å². The number of benzene rings is 1. The number of hydrogen-bond donors (Lipinski definition) is 1. The van der Waals surface area contributed by atoms with Gasteiger partial charge in [-0.25, -0.2) is 12.7 Å². The smallest absolute Gasteiger partial charge is 0.211 e. The molecule has 6 heteroatoms. The molecule has 0 amide bonds. The first-order chi connectivity index (χ1) is 10.9. The van der Waals surface area contributed by atoms with Crippen molar-refractivity contribution in [2.45, 2.75) is 19.4 Å². The fourth-order valence-electron chi connectivity index (χ4n) is 3.24. The van der Waals surface area contributed by atoms with E-state index in [1.165, 1.54) is 11.8 Å².